The van der Waals surface area contributed by atoms with Crippen LogP contribution in [0.2, 0.25) is 0 Å². The molecule has 92 valence electrons. The fourth-order valence-corrected chi connectivity index (χ4v) is 3.05. The Hall–Kier alpha value is -0.860. The number of ether oxygens (including phenoxy) is 1. The van der Waals surface area contributed by atoms with Gasteiger partial charge in [-0.05, 0) is 18.4 Å². The lowest BCUT2D eigenvalue weighted by Crippen LogP contribution is -2.48. The lowest BCUT2D eigenvalue weighted by Gasteiger charge is -2.37. The number of rotatable bonds is 1. The van der Waals surface area contributed by atoms with Crippen molar-refractivity contribution in [2.75, 3.05) is 6.54 Å². The molecular weight excluding hydrogens is 210 g/mol. The van der Waals surface area contributed by atoms with Crippen LogP contribution in [0.4, 0.5) is 0 Å². The summed E-state index contributed by atoms with van der Waals surface area (Å²) in [5.41, 5.74) is 1.31. The van der Waals surface area contributed by atoms with Crippen molar-refractivity contribution < 1.29 is 4.74 Å². The van der Waals surface area contributed by atoms with E-state index < -0.39 is 0 Å². The first-order valence-corrected chi connectivity index (χ1v) is 6.87. The molecule has 3 atom stereocenters. The third kappa shape index (κ3) is 2.53. The molecule has 1 saturated heterocycles. The van der Waals surface area contributed by atoms with Gasteiger partial charge in [0.25, 0.3) is 0 Å². The molecule has 2 nitrogen and oxygen atoms in total. The number of fused-ring (bicyclic) bond motifs is 1. The van der Waals surface area contributed by atoms with E-state index in [1.165, 1.54) is 37.7 Å². The Labute approximate surface area is 103 Å². The van der Waals surface area contributed by atoms with E-state index in [-0.39, 0.29) is 6.10 Å². The number of morpholine rings is 1. The van der Waals surface area contributed by atoms with Crippen LogP contribution in [0, 0.1) is 0 Å². The van der Waals surface area contributed by atoms with Gasteiger partial charge in [0.05, 0.1) is 12.2 Å². The van der Waals surface area contributed by atoms with Gasteiger partial charge >= 0.3 is 0 Å². The van der Waals surface area contributed by atoms with E-state index in [0.29, 0.717) is 12.1 Å². The van der Waals surface area contributed by atoms with Crippen LogP contribution < -0.4 is 5.32 Å². The van der Waals surface area contributed by atoms with Crippen molar-refractivity contribution in [3.63, 3.8) is 0 Å². The molecule has 2 fully saturated rings. The fraction of sp³-hybridized carbons (Fsp3) is 0.600. The Morgan fingerprint density at radius 3 is 2.71 bits per heavy atom. The Kier molecular flexibility index (Phi) is 3.44. The van der Waals surface area contributed by atoms with Crippen LogP contribution in [0.1, 0.15) is 43.8 Å². The Morgan fingerprint density at radius 1 is 1.00 bits per heavy atom. The molecule has 1 aliphatic carbocycles. The van der Waals surface area contributed by atoms with E-state index in [4.69, 9.17) is 4.74 Å². The molecule has 0 bridgehead atoms. The molecule has 17 heavy (non-hydrogen) atoms. The van der Waals surface area contributed by atoms with E-state index in [1.54, 1.807) is 0 Å². The summed E-state index contributed by atoms with van der Waals surface area (Å²) in [4.78, 5) is 0. The minimum absolute atomic E-state index is 0.246. The van der Waals surface area contributed by atoms with E-state index in [1.807, 2.05) is 0 Å². The lowest BCUT2D eigenvalue weighted by molar-refractivity contribution is -0.0670. The molecule has 0 aromatic heterocycles. The normalized spacial score (nSPS) is 33.8. The summed E-state index contributed by atoms with van der Waals surface area (Å²) >= 11 is 0. The fourth-order valence-electron chi connectivity index (χ4n) is 3.05. The highest BCUT2D eigenvalue weighted by atomic mass is 16.5. The van der Waals surface area contributed by atoms with Crippen LogP contribution in [0.3, 0.4) is 0 Å². The second kappa shape index (κ2) is 5.19. The molecule has 3 unspecified atom stereocenters. The predicted molar refractivity (Wildman–Crippen MR) is 68.9 cm³/mol. The van der Waals surface area contributed by atoms with Crippen molar-refractivity contribution in [3.05, 3.63) is 35.9 Å². The molecule has 1 aromatic rings. The van der Waals surface area contributed by atoms with Gasteiger partial charge in [-0.15, -0.1) is 0 Å². The van der Waals surface area contributed by atoms with E-state index in [0.717, 1.165) is 6.54 Å². The van der Waals surface area contributed by atoms with Crippen LogP contribution in [0.25, 0.3) is 0 Å². The van der Waals surface area contributed by atoms with Crippen LogP contribution >= 0.6 is 0 Å². The molecule has 0 spiro atoms. The summed E-state index contributed by atoms with van der Waals surface area (Å²) in [6.45, 7) is 0.963. The highest BCUT2D eigenvalue weighted by Crippen LogP contribution is 2.30. The van der Waals surface area contributed by atoms with Gasteiger partial charge in [0, 0.05) is 12.6 Å². The Balaban J connectivity index is 1.70. The largest absolute Gasteiger partial charge is 0.367 e. The van der Waals surface area contributed by atoms with Crippen molar-refractivity contribution in [3.8, 4) is 0 Å². The first kappa shape index (κ1) is 11.2. The zero-order valence-electron chi connectivity index (χ0n) is 10.3. The molecule has 0 radical (unpaired) electrons. The average molecular weight is 231 g/mol. The summed E-state index contributed by atoms with van der Waals surface area (Å²) < 4.78 is 6.29. The van der Waals surface area contributed by atoms with E-state index in [2.05, 4.69) is 35.6 Å². The molecule has 1 heterocycles. The molecule has 2 aliphatic rings. The van der Waals surface area contributed by atoms with Gasteiger partial charge < -0.3 is 10.1 Å². The maximum Gasteiger partial charge on any atom is 0.0953 e. The highest BCUT2D eigenvalue weighted by Gasteiger charge is 2.31. The molecule has 3 rings (SSSR count). The monoisotopic (exact) mass is 231 g/mol. The summed E-state index contributed by atoms with van der Waals surface area (Å²) in [6.07, 6.45) is 7.23. The first-order valence-electron chi connectivity index (χ1n) is 6.87. The molecule has 1 aliphatic heterocycles. The van der Waals surface area contributed by atoms with Gasteiger partial charge in [-0.3, -0.25) is 0 Å². The van der Waals surface area contributed by atoms with Gasteiger partial charge in [0.1, 0.15) is 0 Å². The van der Waals surface area contributed by atoms with Crippen LogP contribution in [0.15, 0.2) is 30.3 Å². The highest BCUT2D eigenvalue weighted by molar-refractivity contribution is 5.18. The summed E-state index contributed by atoms with van der Waals surface area (Å²) in [7, 11) is 0. The Bertz CT molecular complexity index is 351. The molecule has 1 N–H and O–H groups in total. The molecule has 0 amide bonds. The van der Waals surface area contributed by atoms with Gasteiger partial charge in [-0.2, -0.15) is 0 Å². The maximum absolute atomic E-state index is 6.29. The van der Waals surface area contributed by atoms with Crippen LogP contribution in [0.5, 0.6) is 0 Å². The standard InChI is InChI=1S/C15H21NO/c1-3-7-12(8-4-1)15-11-16-13-9-5-2-6-10-14(13)17-15/h1,3-4,7-8,13-16H,2,5-6,9-11H2. The molecular formula is C15H21NO. The first-order chi connectivity index (χ1) is 8.43. The zero-order valence-corrected chi connectivity index (χ0v) is 10.3. The third-order valence-corrected chi connectivity index (χ3v) is 4.03. The smallest absolute Gasteiger partial charge is 0.0953 e. The summed E-state index contributed by atoms with van der Waals surface area (Å²) in [5, 5.41) is 3.68. The topological polar surface area (TPSA) is 21.3 Å². The van der Waals surface area contributed by atoms with Crippen molar-refractivity contribution >= 4 is 0 Å². The lowest BCUT2D eigenvalue weighted by atomic mass is 10.0. The van der Waals surface area contributed by atoms with Crippen molar-refractivity contribution in [2.24, 2.45) is 0 Å². The summed E-state index contributed by atoms with van der Waals surface area (Å²) in [6, 6.07) is 11.2. The number of hydrogen-bond donors (Lipinski definition) is 1. The SMILES string of the molecule is c1ccc(C2CNC3CCCCCC3O2)cc1. The minimum Gasteiger partial charge on any atom is -0.367 e. The average Bonchev–Trinajstić information content (AvgIpc) is 2.64. The number of hydrogen-bond acceptors (Lipinski definition) is 2. The number of benzene rings is 1. The summed E-state index contributed by atoms with van der Waals surface area (Å²) in [5.74, 6) is 0. The second-order valence-electron chi connectivity index (χ2n) is 5.23. The Morgan fingerprint density at radius 2 is 1.82 bits per heavy atom. The van der Waals surface area contributed by atoms with Crippen LogP contribution in [-0.4, -0.2) is 18.7 Å². The van der Waals surface area contributed by atoms with Crippen molar-refractivity contribution in [1.82, 2.24) is 5.32 Å². The third-order valence-electron chi connectivity index (χ3n) is 4.03. The zero-order chi connectivity index (χ0) is 11.5. The van der Waals surface area contributed by atoms with Crippen molar-refractivity contribution in [2.45, 2.75) is 50.4 Å². The molecule has 1 aromatic carbocycles. The number of nitrogens with one attached hydrogen (secondary N) is 1. The quantitative estimate of drug-likeness (QED) is 0.802. The van der Waals surface area contributed by atoms with Gasteiger partial charge in [-0.1, -0.05) is 49.6 Å². The van der Waals surface area contributed by atoms with E-state index in [9.17, 15) is 0 Å². The minimum atomic E-state index is 0.246. The van der Waals surface area contributed by atoms with Crippen molar-refractivity contribution in [1.29, 1.82) is 0 Å². The molecule has 1 saturated carbocycles. The van der Waals surface area contributed by atoms with Gasteiger partial charge in [0.2, 0.25) is 0 Å². The second-order valence-corrected chi connectivity index (χ2v) is 5.23. The predicted octanol–water partition coefficient (Wildman–Crippen LogP) is 3.05. The van der Waals surface area contributed by atoms with Gasteiger partial charge in [0.15, 0.2) is 0 Å². The van der Waals surface area contributed by atoms with Crippen LogP contribution in [-0.2, 0) is 4.74 Å². The maximum atomic E-state index is 6.29. The molecule has 2 heteroatoms. The van der Waals surface area contributed by atoms with E-state index >= 15 is 0 Å². The van der Waals surface area contributed by atoms with Gasteiger partial charge in [-0.25, -0.2) is 0 Å².